The first-order valence-corrected chi connectivity index (χ1v) is 6.73. The van der Waals surface area contributed by atoms with E-state index < -0.39 is 5.97 Å². The largest absolute Gasteiger partial charge is 0.489 e. The number of ether oxygens (including phenoxy) is 1. The Bertz CT molecular complexity index is 796. The molecule has 0 aliphatic rings. The van der Waals surface area contributed by atoms with Crippen molar-refractivity contribution in [3.63, 3.8) is 0 Å². The lowest BCUT2D eigenvalue weighted by molar-refractivity contribution is 0.0691. The van der Waals surface area contributed by atoms with E-state index in [-0.39, 0.29) is 5.69 Å². The molecule has 4 nitrogen and oxygen atoms in total. The van der Waals surface area contributed by atoms with Gasteiger partial charge < -0.3 is 14.8 Å². The summed E-state index contributed by atoms with van der Waals surface area (Å²) in [7, 11) is 0. The van der Waals surface area contributed by atoms with Crippen molar-refractivity contribution in [3.8, 4) is 5.75 Å². The van der Waals surface area contributed by atoms with Crippen molar-refractivity contribution in [2.75, 3.05) is 0 Å². The normalized spacial score (nSPS) is 10.7. The van der Waals surface area contributed by atoms with Gasteiger partial charge in [-0.1, -0.05) is 41.9 Å². The van der Waals surface area contributed by atoms with E-state index in [4.69, 9.17) is 21.4 Å². The zero-order chi connectivity index (χ0) is 14.8. The van der Waals surface area contributed by atoms with Gasteiger partial charge in [0.25, 0.3) is 0 Å². The summed E-state index contributed by atoms with van der Waals surface area (Å²) in [5.74, 6) is -0.415. The fourth-order valence-electron chi connectivity index (χ4n) is 2.11. The molecule has 0 atom stereocenters. The summed E-state index contributed by atoms with van der Waals surface area (Å²) in [4.78, 5) is 13.7. The average Bonchev–Trinajstić information content (AvgIpc) is 2.91. The third-order valence-electron chi connectivity index (χ3n) is 3.13. The lowest BCUT2D eigenvalue weighted by Gasteiger charge is -2.07. The van der Waals surface area contributed by atoms with Crippen LogP contribution in [0.1, 0.15) is 16.1 Å². The van der Waals surface area contributed by atoms with Gasteiger partial charge in [-0.2, -0.15) is 0 Å². The van der Waals surface area contributed by atoms with Gasteiger partial charge in [-0.15, -0.1) is 0 Å². The number of fused-ring (bicyclic) bond motifs is 1. The van der Waals surface area contributed by atoms with Gasteiger partial charge in [0.05, 0.1) is 10.5 Å². The second kappa shape index (κ2) is 5.50. The molecule has 1 heterocycles. The minimum Gasteiger partial charge on any atom is -0.489 e. The van der Waals surface area contributed by atoms with Crippen molar-refractivity contribution in [1.29, 1.82) is 0 Å². The first-order chi connectivity index (χ1) is 10.1. The monoisotopic (exact) mass is 301 g/mol. The number of carbonyl (C=O) groups is 1. The smallest absolute Gasteiger partial charge is 0.352 e. The molecular weight excluding hydrogens is 290 g/mol. The number of benzene rings is 2. The Labute approximate surface area is 125 Å². The number of nitrogens with one attached hydrogen (secondary N) is 1. The van der Waals surface area contributed by atoms with Crippen molar-refractivity contribution in [2.45, 2.75) is 6.61 Å². The van der Waals surface area contributed by atoms with E-state index in [1.165, 1.54) is 0 Å². The van der Waals surface area contributed by atoms with Gasteiger partial charge in [0.15, 0.2) is 0 Å². The van der Waals surface area contributed by atoms with E-state index in [0.717, 1.165) is 5.56 Å². The summed E-state index contributed by atoms with van der Waals surface area (Å²) in [6, 6.07) is 14.8. The van der Waals surface area contributed by atoms with Crippen LogP contribution in [-0.4, -0.2) is 16.1 Å². The van der Waals surface area contributed by atoms with Gasteiger partial charge in [-0.25, -0.2) is 4.79 Å². The molecule has 0 amide bonds. The number of rotatable bonds is 4. The Kier molecular flexibility index (Phi) is 3.54. The summed E-state index contributed by atoms with van der Waals surface area (Å²) in [5, 5.41) is 10.1. The van der Waals surface area contributed by atoms with Gasteiger partial charge >= 0.3 is 5.97 Å². The second-order valence-corrected chi connectivity index (χ2v) is 5.04. The van der Waals surface area contributed by atoms with Crippen LogP contribution in [0.5, 0.6) is 5.75 Å². The highest BCUT2D eigenvalue weighted by molar-refractivity contribution is 6.35. The maximum absolute atomic E-state index is 11.0. The molecule has 106 valence electrons. The molecular formula is C16H12ClNO3. The Hall–Kier alpha value is -2.46. The second-order valence-electron chi connectivity index (χ2n) is 4.63. The van der Waals surface area contributed by atoms with Crippen LogP contribution in [0.2, 0.25) is 5.02 Å². The van der Waals surface area contributed by atoms with Gasteiger partial charge in [0, 0.05) is 11.5 Å². The zero-order valence-electron chi connectivity index (χ0n) is 11.0. The van der Waals surface area contributed by atoms with Crippen LogP contribution in [0.15, 0.2) is 48.5 Å². The molecule has 1 aromatic heterocycles. The summed E-state index contributed by atoms with van der Waals surface area (Å²) in [6.45, 7) is 0.429. The molecule has 0 aliphatic heterocycles. The fraction of sp³-hybridized carbons (Fsp3) is 0.0625. The quantitative estimate of drug-likeness (QED) is 0.762. The highest BCUT2D eigenvalue weighted by Gasteiger charge is 2.11. The average molecular weight is 302 g/mol. The first kappa shape index (κ1) is 13.5. The molecule has 0 radical (unpaired) electrons. The summed E-state index contributed by atoms with van der Waals surface area (Å²) in [6.07, 6.45) is 0. The third kappa shape index (κ3) is 2.85. The highest BCUT2D eigenvalue weighted by Crippen LogP contribution is 2.29. The number of aromatic carboxylic acids is 1. The molecule has 21 heavy (non-hydrogen) atoms. The fourth-order valence-corrected chi connectivity index (χ4v) is 2.38. The van der Waals surface area contributed by atoms with Crippen molar-refractivity contribution >= 4 is 28.5 Å². The Morgan fingerprint density at radius 2 is 1.95 bits per heavy atom. The maximum Gasteiger partial charge on any atom is 0.352 e. The van der Waals surface area contributed by atoms with Crippen LogP contribution in [0.3, 0.4) is 0 Å². The first-order valence-electron chi connectivity index (χ1n) is 6.36. The molecule has 2 aromatic carbocycles. The number of aromatic nitrogens is 1. The van der Waals surface area contributed by atoms with Crippen LogP contribution >= 0.6 is 11.6 Å². The minimum absolute atomic E-state index is 0.104. The molecule has 0 saturated carbocycles. The summed E-state index contributed by atoms with van der Waals surface area (Å²) >= 11 is 6.16. The van der Waals surface area contributed by atoms with Crippen LogP contribution in [0.25, 0.3) is 10.9 Å². The number of aromatic amines is 1. The predicted molar refractivity (Wildman–Crippen MR) is 81.0 cm³/mol. The van der Waals surface area contributed by atoms with E-state index in [0.29, 0.717) is 28.3 Å². The standard InChI is InChI=1S/C16H12ClNO3/c17-13-8-12(21-9-10-4-2-1-3-5-10)6-11-7-14(16(19)20)18-15(11)13/h1-8,18H,9H2,(H,19,20). The number of carboxylic acids is 1. The number of hydrogen-bond donors (Lipinski definition) is 2. The van der Waals surface area contributed by atoms with Crippen LogP contribution in [0.4, 0.5) is 0 Å². The molecule has 2 N–H and O–H groups in total. The Morgan fingerprint density at radius 3 is 2.67 bits per heavy atom. The van der Waals surface area contributed by atoms with Gasteiger partial charge in [0.2, 0.25) is 0 Å². The lowest BCUT2D eigenvalue weighted by atomic mass is 10.2. The SMILES string of the molecule is O=C(O)c1cc2cc(OCc3ccccc3)cc(Cl)c2[nH]1. The van der Waals surface area contributed by atoms with E-state index in [2.05, 4.69) is 4.98 Å². The van der Waals surface area contributed by atoms with E-state index >= 15 is 0 Å². The predicted octanol–water partition coefficient (Wildman–Crippen LogP) is 4.10. The molecule has 3 aromatic rings. The van der Waals surface area contributed by atoms with Crippen LogP contribution in [0, 0.1) is 0 Å². The number of hydrogen-bond acceptors (Lipinski definition) is 2. The zero-order valence-corrected chi connectivity index (χ0v) is 11.7. The Morgan fingerprint density at radius 1 is 1.19 bits per heavy atom. The van der Waals surface area contributed by atoms with Crippen molar-refractivity contribution < 1.29 is 14.6 Å². The molecule has 0 spiro atoms. The molecule has 0 bridgehead atoms. The van der Waals surface area contributed by atoms with Crippen LogP contribution < -0.4 is 4.74 Å². The lowest BCUT2D eigenvalue weighted by Crippen LogP contribution is -1.95. The van der Waals surface area contributed by atoms with E-state index in [9.17, 15) is 4.79 Å². The molecule has 3 rings (SSSR count). The number of H-pyrrole nitrogens is 1. The minimum atomic E-state index is -1.02. The molecule has 0 aliphatic carbocycles. The summed E-state index contributed by atoms with van der Waals surface area (Å²) < 4.78 is 5.70. The number of halogens is 1. The summed E-state index contributed by atoms with van der Waals surface area (Å²) in [5.41, 5.74) is 1.75. The third-order valence-corrected chi connectivity index (χ3v) is 3.43. The van der Waals surface area contributed by atoms with Crippen molar-refractivity contribution in [3.05, 3.63) is 64.8 Å². The topological polar surface area (TPSA) is 62.3 Å². The maximum atomic E-state index is 11.0. The molecule has 0 saturated heterocycles. The molecule has 5 heteroatoms. The van der Waals surface area contributed by atoms with Crippen molar-refractivity contribution in [2.24, 2.45) is 0 Å². The number of carboxylic acid groups (broad SMARTS) is 1. The Balaban J connectivity index is 1.88. The van der Waals surface area contributed by atoms with Crippen molar-refractivity contribution in [1.82, 2.24) is 4.98 Å². The van der Waals surface area contributed by atoms with E-state index in [1.54, 1.807) is 18.2 Å². The molecule has 0 unspecified atom stereocenters. The highest BCUT2D eigenvalue weighted by atomic mass is 35.5. The van der Waals surface area contributed by atoms with Gasteiger partial charge in [-0.05, 0) is 17.7 Å². The molecule has 0 fully saturated rings. The van der Waals surface area contributed by atoms with Crippen LogP contribution in [-0.2, 0) is 6.61 Å². The van der Waals surface area contributed by atoms with Gasteiger partial charge in [0.1, 0.15) is 18.1 Å². The van der Waals surface area contributed by atoms with Gasteiger partial charge in [-0.3, -0.25) is 0 Å². The van der Waals surface area contributed by atoms with E-state index in [1.807, 2.05) is 30.3 Å².